The van der Waals surface area contributed by atoms with Crippen molar-refractivity contribution in [3.63, 3.8) is 0 Å². The Morgan fingerprint density at radius 2 is 2.33 bits per heavy atom. The highest BCUT2D eigenvalue weighted by atomic mass is 16.7. The Balaban J connectivity index is 1.83. The maximum Gasteiger partial charge on any atom is 0.248 e. The van der Waals surface area contributed by atoms with E-state index >= 15 is 0 Å². The Labute approximate surface area is 90.2 Å². The van der Waals surface area contributed by atoms with E-state index in [1.54, 1.807) is 0 Å². The molecule has 0 spiro atoms. The number of hydrogen-bond acceptors (Lipinski definition) is 3. The third-order valence-corrected chi connectivity index (χ3v) is 3.38. The molecular formula is C11H19NO3. The van der Waals surface area contributed by atoms with Gasteiger partial charge in [-0.1, -0.05) is 13.3 Å². The van der Waals surface area contributed by atoms with Crippen LogP contribution >= 0.6 is 0 Å². The molecule has 86 valence electrons. The first kappa shape index (κ1) is 10.9. The standard InChI is InChI=1S/C11H19NO3/c1-8(7-13)6-12-11(14)5-10(15-12)9-3-2-4-9/h8-10,13H,2-7H2,1H3. The third kappa shape index (κ3) is 2.32. The minimum absolute atomic E-state index is 0.0761. The summed E-state index contributed by atoms with van der Waals surface area (Å²) in [5, 5.41) is 10.4. The van der Waals surface area contributed by atoms with Crippen molar-refractivity contribution < 1.29 is 14.7 Å². The molecule has 2 fully saturated rings. The van der Waals surface area contributed by atoms with Gasteiger partial charge in [-0.05, 0) is 24.7 Å². The maximum atomic E-state index is 11.6. The number of hydrogen-bond donors (Lipinski definition) is 1. The first-order chi connectivity index (χ1) is 7.20. The molecule has 15 heavy (non-hydrogen) atoms. The molecule has 4 heteroatoms. The Morgan fingerprint density at radius 1 is 1.60 bits per heavy atom. The molecule has 0 aromatic rings. The van der Waals surface area contributed by atoms with Gasteiger partial charge in [-0.25, -0.2) is 5.06 Å². The smallest absolute Gasteiger partial charge is 0.248 e. The number of rotatable bonds is 4. The van der Waals surface area contributed by atoms with Crippen LogP contribution in [0.2, 0.25) is 0 Å². The number of carbonyl (C=O) groups is 1. The summed E-state index contributed by atoms with van der Waals surface area (Å²) in [6, 6.07) is 0. The summed E-state index contributed by atoms with van der Waals surface area (Å²) in [6.07, 6.45) is 4.30. The Morgan fingerprint density at radius 3 is 2.87 bits per heavy atom. The minimum Gasteiger partial charge on any atom is -0.396 e. The van der Waals surface area contributed by atoms with Crippen LogP contribution in [-0.4, -0.2) is 35.3 Å². The Kier molecular flexibility index (Phi) is 3.26. The second kappa shape index (κ2) is 4.49. The summed E-state index contributed by atoms with van der Waals surface area (Å²) in [4.78, 5) is 17.2. The number of amides is 1. The number of aliphatic hydroxyl groups is 1. The van der Waals surface area contributed by atoms with Crippen molar-refractivity contribution in [2.75, 3.05) is 13.2 Å². The van der Waals surface area contributed by atoms with Gasteiger partial charge in [0.2, 0.25) is 5.91 Å². The summed E-state index contributed by atoms with van der Waals surface area (Å²) in [5.74, 6) is 0.754. The van der Waals surface area contributed by atoms with Crippen LogP contribution in [0.1, 0.15) is 32.6 Å². The summed E-state index contributed by atoms with van der Waals surface area (Å²) in [5.41, 5.74) is 0. The molecule has 2 rings (SSSR count). The summed E-state index contributed by atoms with van der Waals surface area (Å²) < 4.78 is 0. The quantitative estimate of drug-likeness (QED) is 0.756. The van der Waals surface area contributed by atoms with Gasteiger partial charge < -0.3 is 5.11 Å². The van der Waals surface area contributed by atoms with Gasteiger partial charge in [0.15, 0.2) is 0 Å². The molecule has 0 aromatic carbocycles. The second-order valence-corrected chi connectivity index (χ2v) is 4.78. The van der Waals surface area contributed by atoms with Crippen LogP contribution < -0.4 is 0 Å². The largest absolute Gasteiger partial charge is 0.396 e. The van der Waals surface area contributed by atoms with Crippen molar-refractivity contribution in [3.05, 3.63) is 0 Å². The molecule has 1 heterocycles. The van der Waals surface area contributed by atoms with Crippen molar-refractivity contribution in [1.29, 1.82) is 0 Å². The fourth-order valence-electron chi connectivity index (χ4n) is 2.08. The van der Waals surface area contributed by atoms with E-state index in [0.717, 1.165) is 0 Å². The molecule has 1 saturated carbocycles. The van der Waals surface area contributed by atoms with E-state index in [4.69, 9.17) is 9.94 Å². The Bertz CT molecular complexity index is 240. The lowest BCUT2D eigenvalue weighted by Gasteiger charge is -2.30. The van der Waals surface area contributed by atoms with Gasteiger partial charge in [-0.3, -0.25) is 9.63 Å². The molecule has 2 unspecified atom stereocenters. The molecule has 1 amide bonds. The minimum atomic E-state index is 0.0761. The second-order valence-electron chi connectivity index (χ2n) is 4.78. The predicted octanol–water partition coefficient (Wildman–Crippen LogP) is 0.947. The van der Waals surface area contributed by atoms with E-state index in [1.165, 1.54) is 24.3 Å². The number of aliphatic hydroxyl groups excluding tert-OH is 1. The number of carbonyl (C=O) groups excluding carboxylic acids is 1. The van der Waals surface area contributed by atoms with E-state index in [9.17, 15) is 4.79 Å². The van der Waals surface area contributed by atoms with Crippen LogP contribution in [0.3, 0.4) is 0 Å². The lowest BCUT2D eigenvalue weighted by atomic mass is 9.80. The van der Waals surface area contributed by atoms with E-state index < -0.39 is 0 Å². The zero-order valence-corrected chi connectivity index (χ0v) is 9.19. The van der Waals surface area contributed by atoms with Crippen molar-refractivity contribution >= 4 is 5.91 Å². The zero-order valence-electron chi connectivity index (χ0n) is 9.19. The molecule has 0 radical (unpaired) electrons. The molecule has 1 aliphatic carbocycles. The summed E-state index contributed by atoms with van der Waals surface area (Å²) >= 11 is 0. The van der Waals surface area contributed by atoms with Crippen molar-refractivity contribution in [2.45, 2.75) is 38.7 Å². The molecule has 0 aromatic heterocycles. The van der Waals surface area contributed by atoms with Crippen molar-refractivity contribution in [2.24, 2.45) is 11.8 Å². The van der Waals surface area contributed by atoms with E-state index in [1.807, 2.05) is 6.92 Å². The molecule has 1 N–H and O–H groups in total. The zero-order chi connectivity index (χ0) is 10.8. The molecule has 2 atom stereocenters. The van der Waals surface area contributed by atoms with Gasteiger partial charge >= 0.3 is 0 Å². The van der Waals surface area contributed by atoms with E-state index in [2.05, 4.69) is 0 Å². The monoisotopic (exact) mass is 213 g/mol. The third-order valence-electron chi connectivity index (χ3n) is 3.38. The number of nitrogens with zero attached hydrogens (tertiary/aromatic N) is 1. The molecule has 0 bridgehead atoms. The van der Waals surface area contributed by atoms with Gasteiger partial charge in [0.1, 0.15) is 0 Å². The van der Waals surface area contributed by atoms with Crippen LogP contribution in [0, 0.1) is 11.8 Å². The highest BCUT2D eigenvalue weighted by Gasteiger charge is 2.38. The van der Waals surface area contributed by atoms with Crippen LogP contribution in [0.15, 0.2) is 0 Å². The normalized spacial score (nSPS) is 29.3. The fourth-order valence-corrected chi connectivity index (χ4v) is 2.08. The highest BCUT2D eigenvalue weighted by Crippen LogP contribution is 2.36. The van der Waals surface area contributed by atoms with Crippen LogP contribution in [0.25, 0.3) is 0 Å². The first-order valence-electron chi connectivity index (χ1n) is 5.78. The topological polar surface area (TPSA) is 49.8 Å². The van der Waals surface area contributed by atoms with Gasteiger partial charge in [0, 0.05) is 6.61 Å². The average Bonchev–Trinajstić information content (AvgIpc) is 2.44. The van der Waals surface area contributed by atoms with Gasteiger partial charge in [-0.2, -0.15) is 0 Å². The average molecular weight is 213 g/mol. The highest BCUT2D eigenvalue weighted by molar-refractivity contribution is 5.77. The SMILES string of the molecule is CC(CO)CN1OC(C2CCC2)CC1=O. The molecule has 1 aliphatic heterocycles. The van der Waals surface area contributed by atoms with Crippen LogP contribution in [0.5, 0.6) is 0 Å². The van der Waals surface area contributed by atoms with Crippen LogP contribution in [0.4, 0.5) is 0 Å². The molecular weight excluding hydrogens is 194 g/mol. The van der Waals surface area contributed by atoms with Gasteiger partial charge in [0.25, 0.3) is 0 Å². The lowest BCUT2D eigenvalue weighted by molar-refractivity contribution is -0.187. The van der Waals surface area contributed by atoms with Crippen molar-refractivity contribution in [3.8, 4) is 0 Å². The lowest BCUT2D eigenvalue weighted by Crippen LogP contribution is -2.32. The van der Waals surface area contributed by atoms with Gasteiger partial charge in [-0.15, -0.1) is 0 Å². The number of hydroxylamine groups is 2. The van der Waals surface area contributed by atoms with Crippen LogP contribution in [-0.2, 0) is 9.63 Å². The summed E-state index contributed by atoms with van der Waals surface area (Å²) in [7, 11) is 0. The van der Waals surface area contributed by atoms with E-state index in [0.29, 0.717) is 18.9 Å². The molecule has 1 saturated heterocycles. The molecule has 4 nitrogen and oxygen atoms in total. The fraction of sp³-hybridized carbons (Fsp3) is 0.909. The van der Waals surface area contributed by atoms with Crippen molar-refractivity contribution in [1.82, 2.24) is 5.06 Å². The predicted molar refractivity (Wildman–Crippen MR) is 54.8 cm³/mol. The summed E-state index contributed by atoms with van der Waals surface area (Å²) in [6.45, 7) is 2.52. The first-order valence-corrected chi connectivity index (χ1v) is 5.78. The molecule has 2 aliphatic rings. The Hall–Kier alpha value is -0.610. The maximum absolute atomic E-state index is 11.6. The van der Waals surface area contributed by atoms with E-state index in [-0.39, 0.29) is 24.5 Å². The van der Waals surface area contributed by atoms with Gasteiger partial charge in [0.05, 0.1) is 19.1 Å².